The minimum absolute atomic E-state index is 0.179. The highest BCUT2D eigenvalue weighted by atomic mass is 16.2. The summed E-state index contributed by atoms with van der Waals surface area (Å²) in [6, 6.07) is 27.1. The van der Waals surface area contributed by atoms with Crippen LogP contribution in [0.3, 0.4) is 0 Å². The van der Waals surface area contributed by atoms with Crippen LogP contribution in [0.15, 0.2) is 97.1 Å². The Morgan fingerprint density at radius 2 is 1.40 bits per heavy atom. The zero-order valence-electron chi connectivity index (χ0n) is 26.7. The summed E-state index contributed by atoms with van der Waals surface area (Å²) >= 11 is 0. The van der Waals surface area contributed by atoms with E-state index in [4.69, 9.17) is 17.2 Å². The van der Waals surface area contributed by atoms with E-state index < -0.39 is 41.8 Å². The van der Waals surface area contributed by atoms with Crippen LogP contribution in [0, 0.1) is 0 Å². The Bertz CT molecular complexity index is 1680. The standard InChI is InChI=1S/C37H44N6O4/c1-43(33(23-25-10-3-2-4-11-25)36(46)41-31(34(40)44)16-7-8-19-38)37(47)32(42-35(45)30-15-9-12-27(21-30)24-39)22-26-17-18-28-13-5-6-14-29(28)20-26/h2-6,9-15,17-18,20-21,31-33H,7-8,16,19,22-24,38-39H2,1H3,(H2,40,44)(H,41,46)(H,42,45)/t31-,32+,33+/m0/s1. The van der Waals surface area contributed by atoms with E-state index in [9.17, 15) is 19.2 Å². The zero-order valence-corrected chi connectivity index (χ0v) is 26.7. The van der Waals surface area contributed by atoms with Gasteiger partial charge in [-0.25, -0.2) is 0 Å². The molecule has 0 heterocycles. The smallest absolute Gasteiger partial charge is 0.251 e. The molecule has 10 nitrogen and oxygen atoms in total. The second-order valence-electron chi connectivity index (χ2n) is 11.7. The van der Waals surface area contributed by atoms with E-state index >= 15 is 0 Å². The monoisotopic (exact) mass is 636 g/mol. The van der Waals surface area contributed by atoms with Gasteiger partial charge in [0.15, 0.2) is 0 Å². The molecule has 0 aromatic heterocycles. The molecule has 4 amide bonds. The van der Waals surface area contributed by atoms with Crippen molar-refractivity contribution in [2.24, 2.45) is 17.2 Å². The first-order chi connectivity index (χ1) is 22.7. The van der Waals surface area contributed by atoms with Crippen LogP contribution in [-0.4, -0.2) is 60.2 Å². The molecule has 3 atom stereocenters. The van der Waals surface area contributed by atoms with Gasteiger partial charge in [0.05, 0.1) is 0 Å². The molecule has 246 valence electrons. The topological polar surface area (TPSA) is 174 Å². The summed E-state index contributed by atoms with van der Waals surface area (Å²) in [6.07, 6.45) is 1.97. The van der Waals surface area contributed by atoms with E-state index in [1.54, 1.807) is 18.2 Å². The van der Waals surface area contributed by atoms with Crippen molar-refractivity contribution in [2.75, 3.05) is 13.6 Å². The fourth-order valence-corrected chi connectivity index (χ4v) is 5.57. The van der Waals surface area contributed by atoms with Crippen LogP contribution >= 0.6 is 0 Å². The van der Waals surface area contributed by atoms with Crippen molar-refractivity contribution in [3.63, 3.8) is 0 Å². The van der Waals surface area contributed by atoms with Crippen molar-refractivity contribution in [2.45, 2.75) is 56.8 Å². The Kier molecular flexibility index (Phi) is 12.6. The number of benzene rings is 4. The lowest BCUT2D eigenvalue weighted by atomic mass is 9.98. The van der Waals surface area contributed by atoms with Crippen molar-refractivity contribution in [3.8, 4) is 0 Å². The SMILES string of the molecule is CN(C(=O)[C@@H](Cc1ccc2ccccc2c1)NC(=O)c1cccc(CN)c1)[C@H](Cc1ccccc1)C(=O)N[C@@H](CCCCN)C(N)=O. The molecule has 4 aromatic carbocycles. The third kappa shape index (κ3) is 9.71. The molecule has 0 spiro atoms. The summed E-state index contributed by atoms with van der Waals surface area (Å²) in [6.45, 7) is 0.715. The molecular formula is C37H44N6O4. The minimum atomic E-state index is -1.02. The molecule has 47 heavy (non-hydrogen) atoms. The van der Waals surface area contributed by atoms with Crippen molar-refractivity contribution in [3.05, 3.63) is 119 Å². The van der Waals surface area contributed by atoms with Crippen LogP contribution in [0.1, 0.15) is 46.3 Å². The number of rotatable bonds is 16. The summed E-state index contributed by atoms with van der Waals surface area (Å²) in [5.74, 6) is -2.08. The molecule has 4 aromatic rings. The highest BCUT2D eigenvalue weighted by Crippen LogP contribution is 2.19. The van der Waals surface area contributed by atoms with Gasteiger partial charge in [0.1, 0.15) is 18.1 Å². The fraction of sp³-hybridized carbons (Fsp3) is 0.297. The van der Waals surface area contributed by atoms with Crippen LogP contribution in [0.2, 0.25) is 0 Å². The van der Waals surface area contributed by atoms with E-state index in [2.05, 4.69) is 10.6 Å². The minimum Gasteiger partial charge on any atom is -0.368 e. The average Bonchev–Trinajstić information content (AvgIpc) is 3.09. The first-order valence-corrected chi connectivity index (χ1v) is 15.9. The number of carbonyl (C=O) groups is 4. The summed E-state index contributed by atoms with van der Waals surface area (Å²) in [7, 11) is 1.54. The third-order valence-electron chi connectivity index (χ3n) is 8.28. The largest absolute Gasteiger partial charge is 0.368 e. The van der Waals surface area contributed by atoms with E-state index in [1.165, 1.54) is 11.9 Å². The van der Waals surface area contributed by atoms with Gasteiger partial charge >= 0.3 is 0 Å². The summed E-state index contributed by atoms with van der Waals surface area (Å²) in [5, 5.41) is 7.75. The lowest BCUT2D eigenvalue weighted by Gasteiger charge is -2.32. The molecule has 8 N–H and O–H groups in total. The Balaban J connectivity index is 1.65. The van der Waals surface area contributed by atoms with Crippen LogP contribution < -0.4 is 27.8 Å². The molecule has 0 aliphatic carbocycles. The summed E-state index contributed by atoms with van der Waals surface area (Å²) in [5.41, 5.74) is 19.9. The maximum Gasteiger partial charge on any atom is 0.251 e. The van der Waals surface area contributed by atoms with Crippen LogP contribution in [0.5, 0.6) is 0 Å². The van der Waals surface area contributed by atoms with Gasteiger partial charge < -0.3 is 32.7 Å². The molecule has 0 bridgehead atoms. The second-order valence-corrected chi connectivity index (χ2v) is 11.7. The van der Waals surface area contributed by atoms with Gasteiger partial charge in [0, 0.05) is 32.0 Å². The van der Waals surface area contributed by atoms with Gasteiger partial charge in [0.2, 0.25) is 17.7 Å². The van der Waals surface area contributed by atoms with E-state index in [1.807, 2.05) is 78.9 Å². The highest BCUT2D eigenvalue weighted by molar-refractivity contribution is 5.99. The van der Waals surface area contributed by atoms with Crippen LogP contribution in [0.25, 0.3) is 10.8 Å². The molecule has 10 heteroatoms. The number of hydrogen-bond acceptors (Lipinski definition) is 6. The Labute approximate surface area is 275 Å². The molecular weight excluding hydrogens is 592 g/mol. The first kappa shape index (κ1) is 34.8. The van der Waals surface area contributed by atoms with Gasteiger partial charge in [-0.3, -0.25) is 19.2 Å². The number of carbonyl (C=O) groups excluding carboxylic acids is 4. The van der Waals surface area contributed by atoms with Gasteiger partial charge in [-0.1, -0.05) is 84.9 Å². The van der Waals surface area contributed by atoms with Crippen molar-refractivity contribution in [1.82, 2.24) is 15.5 Å². The molecule has 0 aliphatic heterocycles. The predicted molar refractivity (Wildman–Crippen MR) is 184 cm³/mol. The predicted octanol–water partition coefficient (Wildman–Crippen LogP) is 2.81. The van der Waals surface area contributed by atoms with Crippen LogP contribution in [-0.2, 0) is 33.8 Å². The summed E-state index contributed by atoms with van der Waals surface area (Å²) < 4.78 is 0. The van der Waals surface area contributed by atoms with Crippen LogP contribution in [0.4, 0.5) is 0 Å². The first-order valence-electron chi connectivity index (χ1n) is 15.9. The Hall–Kier alpha value is -5.06. The van der Waals surface area contributed by atoms with Gasteiger partial charge in [0.25, 0.3) is 5.91 Å². The number of amides is 4. The van der Waals surface area contributed by atoms with Gasteiger partial charge in [-0.05, 0) is 65.4 Å². The Morgan fingerprint density at radius 1 is 0.702 bits per heavy atom. The van der Waals surface area contributed by atoms with Gasteiger partial charge in [-0.2, -0.15) is 0 Å². The number of nitrogens with two attached hydrogens (primary N) is 3. The molecule has 0 fully saturated rings. The highest BCUT2D eigenvalue weighted by Gasteiger charge is 2.34. The number of primary amides is 1. The van der Waals surface area contributed by atoms with Gasteiger partial charge in [-0.15, -0.1) is 0 Å². The third-order valence-corrected chi connectivity index (χ3v) is 8.28. The molecule has 0 radical (unpaired) electrons. The number of fused-ring (bicyclic) bond motifs is 1. The van der Waals surface area contributed by atoms with E-state index in [-0.39, 0.29) is 19.4 Å². The molecule has 0 saturated heterocycles. The number of nitrogens with zero attached hydrogens (tertiary/aromatic N) is 1. The Morgan fingerprint density at radius 3 is 2.11 bits per heavy atom. The zero-order chi connectivity index (χ0) is 33.8. The lowest BCUT2D eigenvalue weighted by molar-refractivity contribution is -0.141. The molecule has 0 aliphatic rings. The number of unbranched alkanes of at least 4 members (excludes halogenated alkanes) is 1. The van der Waals surface area contributed by atoms with E-state index in [0.29, 0.717) is 31.4 Å². The summed E-state index contributed by atoms with van der Waals surface area (Å²) in [4.78, 5) is 55.4. The number of nitrogens with one attached hydrogen (secondary N) is 2. The second kappa shape index (κ2) is 17.0. The molecule has 0 saturated carbocycles. The lowest BCUT2D eigenvalue weighted by Crippen LogP contribution is -2.57. The maximum atomic E-state index is 14.4. The average molecular weight is 637 g/mol. The quantitative estimate of drug-likeness (QED) is 0.118. The fourth-order valence-electron chi connectivity index (χ4n) is 5.57. The number of hydrogen-bond donors (Lipinski definition) is 5. The van der Waals surface area contributed by atoms with Crippen molar-refractivity contribution < 1.29 is 19.2 Å². The number of likely N-dealkylation sites (N-methyl/N-ethyl adjacent to an activating group) is 1. The van der Waals surface area contributed by atoms with Crippen molar-refractivity contribution >= 4 is 34.4 Å². The molecule has 4 rings (SSSR count). The van der Waals surface area contributed by atoms with Crippen molar-refractivity contribution in [1.29, 1.82) is 0 Å². The van der Waals surface area contributed by atoms with E-state index in [0.717, 1.165) is 27.5 Å². The maximum absolute atomic E-state index is 14.4. The normalized spacial score (nSPS) is 12.9. The molecule has 0 unspecified atom stereocenters.